The monoisotopic (exact) mass is 656 g/mol. The number of fused-ring (bicyclic) bond motifs is 8. The van der Waals surface area contributed by atoms with Crippen LogP contribution in [0.3, 0.4) is 0 Å². The zero-order valence-electron chi connectivity index (χ0n) is 30.0. The van der Waals surface area contributed by atoms with Crippen molar-refractivity contribution in [3.63, 3.8) is 0 Å². The zero-order valence-corrected chi connectivity index (χ0v) is 30.0. The predicted molar refractivity (Wildman–Crippen MR) is 208 cm³/mol. The normalized spacial score (nSPS) is 12.2. The molecule has 0 aliphatic rings. The third-order valence-corrected chi connectivity index (χ3v) is 10.2. The van der Waals surface area contributed by atoms with E-state index < -0.39 is 0 Å². The molecule has 2 aromatic heterocycles. The molecule has 0 atom stereocenters. The topological polar surface area (TPSA) is 44.7 Å². The van der Waals surface area contributed by atoms with Gasteiger partial charge in [-0.05, 0) is 94.4 Å². The van der Waals surface area contributed by atoms with Crippen molar-refractivity contribution in [3.05, 3.63) is 72.3 Å². The second-order valence-electron chi connectivity index (χ2n) is 14.4. The Morgan fingerprint density at radius 2 is 0.878 bits per heavy atom. The van der Waals surface area contributed by atoms with E-state index in [1.54, 1.807) is 0 Å². The van der Waals surface area contributed by atoms with E-state index in [1.807, 2.05) is 0 Å². The Balaban J connectivity index is 1.20. The largest absolute Gasteiger partial charge is 0.490 e. The molecule has 49 heavy (non-hydrogen) atoms. The minimum absolute atomic E-state index is 0.485. The lowest BCUT2D eigenvalue weighted by Crippen LogP contribution is -2.03. The van der Waals surface area contributed by atoms with Crippen molar-refractivity contribution in [1.82, 2.24) is 0 Å². The molecule has 0 aliphatic carbocycles. The van der Waals surface area contributed by atoms with Gasteiger partial charge in [-0.2, -0.15) is 0 Å². The summed E-state index contributed by atoms with van der Waals surface area (Å²) in [4.78, 5) is 0. The van der Waals surface area contributed by atoms with Crippen LogP contribution in [0, 0.1) is 0 Å². The van der Waals surface area contributed by atoms with Crippen molar-refractivity contribution >= 4 is 65.4 Å². The van der Waals surface area contributed by atoms with Crippen molar-refractivity contribution in [2.75, 3.05) is 13.2 Å². The Labute approximate surface area is 290 Å². The van der Waals surface area contributed by atoms with Gasteiger partial charge >= 0.3 is 0 Å². The lowest BCUT2D eigenvalue weighted by atomic mass is 9.98. The van der Waals surface area contributed by atoms with Gasteiger partial charge in [-0.1, -0.05) is 110 Å². The van der Waals surface area contributed by atoms with Crippen LogP contribution in [0.2, 0.25) is 0 Å². The highest BCUT2D eigenvalue weighted by molar-refractivity contribution is 6.18. The van der Waals surface area contributed by atoms with Gasteiger partial charge in [0.05, 0.1) is 13.2 Å². The highest BCUT2D eigenvalue weighted by Crippen LogP contribution is 2.41. The van der Waals surface area contributed by atoms with Gasteiger partial charge in [-0.15, -0.1) is 0 Å². The first-order chi connectivity index (χ1) is 24.0. The average Bonchev–Trinajstić information content (AvgIpc) is 3.63. The number of rotatable bonds is 17. The second kappa shape index (κ2) is 15.2. The standard InChI is InChI=1S/C45H52O4/c1-5-7-9-11-13-15-19-46-44-26-34-23-37-39-29-42-38(36-22-32-18-17-31(30(3)4)21-33(32)24-40(36)48-42)28-43(39)49-41(37)25-35(34)27-45(44)47-20-16-14-12-10-8-6-2/h17-18,21-30H,5-16,19-20H2,1-4H3. The van der Waals surface area contributed by atoms with Crippen LogP contribution in [0.5, 0.6) is 11.5 Å². The molecule has 2 heterocycles. The number of hydrogen-bond acceptors (Lipinski definition) is 4. The quantitative estimate of drug-likeness (QED) is 0.0915. The van der Waals surface area contributed by atoms with Crippen LogP contribution >= 0.6 is 0 Å². The van der Waals surface area contributed by atoms with Gasteiger partial charge in [0, 0.05) is 21.5 Å². The molecule has 0 spiro atoms. The number of unbranched alkanes of at least 4 members (excludes halogenated alkanes) is 10. The second-order valence-corrected chi connectivity index (χ2v) is 14.4. The van der Waals surface area contributed by atoms with Crippen LogP contribution in [0.15, 0.2) is 75.6 Å². The summed E-state index contributed by atoms with van der Waals surface area (Å²) in [6.45, 7) is 10.4. The fourth-order valence-corrected chi connectivity index (χ4v) is 7.27. The van der Waals surface area contributed by atoms with Crippen LogP contribution in [-0.2, 0) is 0 Å². The lowest BCUT2D eigenvalue weighted by Gasteiger charge is -2.14. The Kier molecular flexibility index (Phi) is 10.3. The first-order valence-corrected chi connectivity index (χ1v) is 19.0. The molecule has 0 bridgehead atoms. The van der Waals surface area contributed by atoms with Crippen molar-refractivity contribution < 1.29 is 18.3 Å². The highest BCUT2D eigenvalue weighted by Gasteiger charge is 2.17. The summed E-state index contributed by atoms with van der Waals surface area (Å²) < 4.78 is 25.8. The number of hydrogen-bond donors (Lipinski definition) is 0. The third kappa shape index (κ3) is 7.25. The molecule has 0 radical (unpaired) electrons. The van der Waals surface area contributed by atoms with E-state index in [1.165, 1.54) is 80.5 Å². The van der Waals surface area contributed by atoms with E-state index in [-0.39, 0.29) is 0 Å². The molecule has 0 amide bonds. The Morgan fingerprint density at radius 1 is 0.449 bits per heavy atom. The molecule has 0 N–H and O–H groups in total. The summed E-state index contributed by atoms with van der Waals surface area (Å²) in [5, 5.41) is 8.99. The molecule has 0 unspecified atom stereocenters. The molecule has 0 aliphatic heterocycles. The van der Waals surface area contributed by atoms with E-state index >= 15 is 0 Å². The third-order valence-electron chi connectivity index (χ3n) is 10.2. The zero-order chi connectivity index (χ0) is 33.7. The Bertz CT molecular complexity index is 2200. The van der Waals surface area contributed by atoms with Crippen LogP contribution in [0.1, 0.15) is 116 Å². The van der Waals surface area contributed by atoms with E-state index in [0.717, 1.165) is 79.0 Å². The minimum Gasteiger partial charge on any atom is -0.490 e. The molecule has 0 saturated heterocycles. The molecular weight excluding hydrogens is 604 g/mol. The average molecular weight is 657 g/mol. The van der Waals surface area contributed by atoms with Gasteiger partial charge in [0.2, 0.25) is 0 Å². The van der Waals surface area contributed by atoms with Gasteiger partial charge in [0.1, 0.15) is 22.3 Å². The van der Waals surface area contributed by atoms with Gasteiger partial charge in [0.25, 0.3) is 0 Å². The maximum atomic E-state index is 6.54. The molecule has 0 saturated carbocycles. The van der Waals surface area contributed by atoms with Gasteiger partial charge in [-0.3, -0.25) is 0 Å². The van der Waals surface area contributed by atoms with Gasteiger partial charge in [0.15, 0.2) is 11.5 Å². The fourth-order valence-electron chi connectivity index (χ4n) is 7.27. The van der Waals surface area contributed by atoms with Crippen LogP contribution in [0.4, 0.5) is 0 Å². The van der Waals surface area contributed by atoms with Gasteiger partial charge in [-0.25, -0.2) is 0 Å². The molecule has 5 aromatic carbocycles. The maximum absolute atomic E-state index is 6.54. The van der Waals surface area contributed by atoms with E-state index in [4.69, 9.17) is 18.3 Å². The summed E-state index contributed by atoms with van der Waals surface area (Å²) in [5.74, 6) is 2.16. The van der Waals surface area contributed by atoms with Crippen molar-refractivity contribution in [1.29, 1.82) is 0 Å². The smallest absolute Gasteiger partial charge is 0.161 e. The van der Waals surface area contributed by atoms with Gasteiger partial charge < -0.3 is 18.3 Å². The van der Waals surface area contributed by atoms with Crippen LogP contribution in [0.25, 0.3) is 65.4 Å². The Hall–Kier alpha value is -4.18. The lowest BCUT2D eigenvalue weighted by molar-refractivity contribution is 0.259. The summed E-state index contributed by atoms with van der Waals surface area (Å²) in [6.07, 6.45) is 14.9. The minimum atomic E-state index is 0.485. The number of benzene rings is 5. The molecule has 0 fully saturated rings. The molecule has 4 nitrogen and oxygen atoms in total. The summed E-state index contributed by atoms with van der Waals surface area (Å²) in [6, 6.07) is 24.2. The fraction of sp³-hybridized carbons (Fsp3) is 0.422. The number of ether oxygens (including phenoxy) is 2. The van der Waals surface area contributed by atoms with Crippen LogP contribution in [-0.4, -0.2) is 13.2 Å². The maximum Gasteiger partial charge on any atom is 0.161 e. The summed E-state index contributed by atoms with van der Waals surface area (Å²) >= 11 is 0. The van der Waals surface area contributed by atoms with E-state index in [0.29, 0.717) is 19.1 Å². The molecular formula is C45H52O4. The SMILES string of the molecule is CCCCCCCCOc1cc2cc3oc4cc5c(cc4c3cc2cc1OCCCCCCCC)oc1cc2cc(C(C)C)ccc2cc15. The molecule has 7 rings (SSSR count). The summed E-state index contributed by atoms with van der Waals surface area (Å²) in [5.41, 5.74) is 4.87. The molecule has 256 valence electrons. The Morgan fingerprint density at radius 3 is 1.41 bits per heavy atom. The van der Waals surface area contributed by atoms with Crippen molar-refractivity contribution in [3.8, 4) is 11.5 Å². The molecule has 7 aromatic rings. The predicted octanol–water partition coefficient (Wildman–Crippen LogP) is 14.4. The summed E-state index contributed by atoms with van der Waals surface area (Å²) in [7, 11) is 0. The molecule has 4 heteroatoms. The van der Waals surface area contributed by atoms with E-state index in [2.05, 4.69) is 94.4 Å². The number of furan rings is 2. The highest BCUT2D eigenvalue weighted by atomic mass is 16.5. The van der Waals surface area contributed by atoms with Crippen molar-refractivity contribution in [2.45, 2.75) is 111 Å². The van der Waals surface area contributed by atoms with Crippen molar-refractivity contribution in [2.24, 2.45) is 0 Å². The first-order valence-electron chi connectivity index (χ1n) is 19.0. The van der Waals surface area contributed by atoms with Crippen LogP contribution < -0.4 is 9.47 Å². The van der Waals surface area contributed by atoms with E-state index in [9.17, 15) is 0 Å². The first kappa shape index (κ1) is 33.3.